The Morgan fingerprint density at radius 3 is 2.24 bits per heavy atom. The first-order valence-electron chi connectivity index (χ1n) is 12.8. The monoisotopic (exact) mass is 574 g/mol. The Morgan fingerprint density at radius 2 is 1.57 bits per heavy atom. The van der Waals surface area contributed by atoms with Crippen LogP contribution in [0.2, 0.25) is 0 Å². The van der Waals surface area contributed by atoms with Gasteiger partial charge in [-0.15, -0.1) is 0 Å². The molecule has 0 unspecified atom stereocenters. The lowest BCUT2D eigenvalue weighted by Gasteiger charge is -2.33. The molecule has 5 aromatic rings. The highest BCUT2D eigenvalue weighted by Gasteiger charge is 2.41. The minimum atomic E-state index is -1.97. The molecule has 4 N–H and O–H groups in total. The SMILES string of the molecule is COc1cc(OC)c2c(O)c3c(c(-c4c(OC)c5c(O)c6c(O)cc(C)oc6cc5cc4=O)c2c1)O[C@](C)(O)CC3=O. The summed E-state index contributed by atoms with van der Waals surface area (Å²) in [5, 5.41) is 44.9. The Hall–Kier alpha value is -5.16. The van der Waals surface area contributed by atoms with Crippen LogP contribution in [0.1, 0.15) is 29.5 Å². The molecular formula is C31H26O11. The maximum atomic E-state index is 14.0. The van der Waals surface area contributed by atoms with Crippen molar-refractivity contribution >= 4 is 38.3 Å². The van der Waals surface area contributed by atoms with Crippen LogP contribution in [0.15, 0.2) is 39.5 Å². The average molecular weight is 575 g/mol. The predicted molar refractivity (Wildman–Crippen MR) is 153 cm³/mol. The lowest BCUT2D eigenvalue weighted by atomic mass is 9.86. The van der Waals surface area contributed by atoms with E-state index in [2.05, 4.69) is 0 Å². The van der Waals surface area contributed by atoms with E-state index < -0.39 is 34.9 Å². The van der Waals surface area contributed by atoms with E-state index in [1.165, 1.54) is 58.6 Å². The van der Waals surface area contributed by atoms with Crippen molar-refractivity contribution in [3.05, 3.63) is 51.9 Å². The Balaban J connectivity index is 1.88. The van der Waals surface area contributed by atoms with E-state index in [4.69, 9.17) is 23.4 Å². The molecule has 1 aromatic heterocycles. The number of hydrogen-bond donors (Lipinski definition) is 4. The van der Waals surface area contributed by atoms with E-state index in [1.54, 1.807) is 6.92 Å². The van der Waals surface area contributed by atoms with Gasteiger partial charge in [0.25, 0.3) is 0 Å². The average Bonchev–Trinajstić information content (AvgIpc) is 2.91. The fourth-order valence-electron chi connectivity index (χ4n) is 5.74. The molecule has 0 bridgehead atoms. The molecule has 0 saturated carbocycles. The van der Waals surface area contributed by atoms with Gasteiger partial charge >= 0.3 is 0 Å². The minimum Gasteiger partial charge on any atom is -0.507 e. The summed E-state index contributed by atoms with van der Waals surface area (Å²) in [6, 6.07) is 7.09. The zero-order chi connectivity index (χ0) is 30.2. The summed E-state index contributed by atoms with van der Waals surface area (Å²) in [6.45, 7) is 2.91. The number of phenols is 2. The van der Waals surface area contributed by atoms with E-state index >= 15 is 0 Å². The molecule has 0 amide bonds. The van der Waals surface area contributed by atoms with Gasteiger partial charge in [-0.05, 0) is 30.5 Å². The number of ketones is 1. The van der Waals surface area contributed by atoms with Crippen molar-refractivity contribution in [1.82, 2.24) is 0 Å². The highest BCUT2D eigenvalue weighted by Crippen LogP contribution is 2.55. The molecule has 0 saturated heterocycles. The zero-order valence-electron chi connectivity index (χ0n) is 23.2. The van der Waals surface area contributed by atoms with Crippen LogP contribution in [0.5, 0.6) is 40.2 Å². The Labute approximate surface area is 237 Å². The van der Waals surface area contributed by atoms with Crippen molar-refractivity contribution in [3.8, 4) is 51.4 Å². The standard InChI is InChI=1S/C31H26O11/c1-12-6-16(32)24-20(41-12)8-13-7-17(33)25(29(40-5)21(13)27(24)35)23-15-9-14(38-3)10-19(39-4)22(15)28(36)26-18(34)11-31(2,37)42-30(23)26/h6-10,32,35-37H,11H2,1-5H3/t31-/m0/s1. The molecule has 42 heavy (non-hydrogen) atoms. The number of carbonyl (C=O) groups is 1. The lowest BCUT2D eigenvalue weighted by molar-refractivity contribution is -0.122. The number of phenolic OH excluding ortho intramolecular Hbond substituents is 2. The third-order valence-corrected chi connectivity index (χ3v) is 7.42. The van der Waals surface area contributed by atoms with Crippen molar-refractivity contribution in [2.24, 2.45) is 0 Å². The highest BCUT2D eigenvalue weighted by molar-refractivity contribution is 6.18. The molecule has 11 nitrogen and oxygen atoms in total. The van der Waals surface area contributed by atoms with Crippen molar-refractivity contribution in [2.45, 2.75) is 26.1 Å². The maximum absolute atomic E-state index is 14.0. The van der Waals surface area contributed by atoms with Crippen molar-refractivity contribution < 1.29 is 48.6 Å². The van der Waals surface area contributed by atoms with Crippen LogP contribution in [-0.2, 0) is 0 Å². The van der Waals surface area contributed by atoms with Gasteiger partial charge in [-0.3, -0.25) is 9.59 Å². The molecule has 0 fully saturated rings. The van der Waals surface area contributed by atoms with E-state index in [0.29, 0.717) is 5.76 Å². The number of fused-ring (bicyclic) bond motifs is 4. The maximum Gasteiger partial charge on any atom is 0.212 e. The molecule has 2 heterocycles. The molecule has 216 valence electrons. The zero-order valence-corrected chi connectivity index (χ0v) is 23.2. The van der Waals surface area contributed by atoms with Crippen LogP contribution >= 0.6 is 0 Å². The second-order valence-electron chi connectivity index (χ2n) is 10.3. The van der Waals surface area contributed by atoms with Gasteiger partial charge in [0.05, 0.1) is 44.1 Å². The van der Waals surface area contributed by atoms with Gasteiger partial charge in [0.2, 0.25) is 5.79 Å². The van der Waals surface area contributed by atoms with Gasteiger partial charge in [0.1, 0.15) is 62.5 Å². The molecule has 0 aliphatic carbocycles. The van der Waals surface area contributed by atoms with E-state index in [1.807, 2.05) is 0 Å². The van der Waals surface area contributed by atoms with Crippen LogP contribution < -0.4 is 24.4 Å². The van der Waals surface area contributed by atoms with E-state index in [0.717, 1.165) is 0 Å². The van der Waals surface area contributed by atoms with Crippen LogP contribution in [0.4, 0.5) is 0 Å². The number of benzene rings is 4. The predicted octanol–water partition coefficient (Wildman–Crippen LogP) is 4.89. The number of methoxy groups -OCH3 is 3. The van der Waals surface area contributed by atoms with Crippen LogP contribution in [0, 0.1) is 6.92 Å². The number of aliphatic hydroxyl groups is 1. The molecule has 6 rings (SSSR count). The Morgan fingerprint density at radius 1 is 0.833 bits per heavy atom. The summed E-state index contributed by atoms with van der Waals surface area (Å²) in [4.78, 5) is 27.3. The number of carbonyl (C=O) groups excluding carboxylic acids is 1. The normalized spacial score (nSPS) is 16.5. The molecule has 1 aliphatic rings. The fraction of sp³-hybridized carbons (Fsp3) is 0.226. The van der Waals surface area contributed by atoms with Gasteiger partial charge in [-0.25, -0.2) is 0 Å². The summed E-state index contributed by atoms with van der Waals surface area (Å²) in [7, 11) is 4.08. The van der Waals surface area contributed by atoms with Crippen molar-refractivity contribution in [3.63, 3.8) is 0 Å². The van der Waals surface area contributed by atoms with E-state index in [9.17, 15) is 30.0 Å². The molecule has 11 heteroatoms. The molecule has 0 radical (unpaired) electrons. The van der Waals surface area contributed by atoms with Gasteiger partial charge < -0.3 is 43.8 Å². The summed E-state index contributed by atoms with van der Waals surface area (Å²) in [5.41, 5.74) is -0.885. The first-order valence-corrected chi connectivity index (χ1v) is 12.8. The third-order valence-electron chi connectivity index (χ3n) is 7.42. The van der Waals surface area contributed by atoms with Crippen LogP contribution in [0.3, 0.4) is 0 Å². The summed E-state index contributed by atoms with van der Waals surface area (Å²) in [5.74, 6) is -3.32. The second-order valence-corrected chi connectivity index (χ2v) is 10.3. The number of rotatable bonds is 4. The lowest BCUT2D eigenvalue weighted by Crippen LogP contribution is -2.39. The number of Topliss-reactive ketones (excluding diaryl/α,β-unsaturated/α-hetero) is 1. The minimum absolute atomic E-state index is 0.00806. The Kier molecular flexibility index (Phi) is 5.91. The quantitative estimate of drug-likeness (QED) is 0.216. The largest absolute Gasteiger partial charge is 0.507 e. The fourth-order valence-corrected chi connectivity index (χ4v) is 5.74. The van der Waals surface area contributed by atoms with Crippen molar-refractivity contribution in [2.75, 3.05) is 21.3 Å². The number of hydrogen-bond acceptors (Lipinski definition) is 11. The van der Waals surface area contributed by atoms with Gasteiger partial charge in [0, 0.05) is 30.0 Å². The summed E-state index contributed by atoms with van der Waals surface area (Å²) >= 11 is 0. The van der Waals surface area contributed by atoms with E-state index in [-0.39, 0.29) is 78.0 Å². The molecule has 1 aliphatic heterocycles. The molecule has 4 aromatic carbocycles. The van der Waals surface area contributed by atoms with Gasteiger partial charge in [-0.2, -0.15) is 0 Å². The molecule has 0 spiro atoms. The first-order chi connectivity index (χ1) is 19.9. The number of aromatic hydroxyl groups is 3. The summed E-state index contributed by atoms with van der Waals surface area (Å²) < 4.78 is 28.3. The highest BCUT2D eigenvalue weighted by atomic mass is 16.6. The van der Waals surface area contributed by atoms with Gasteiger partial charge in [-0.1, -0.05) is 0 Å². The summed E-state index contributed by atoms with van der Waals surface area (Å²) in [6.07, 6.45) is -0.467. The van der Waals surface area contributed by atoms with Crippen LogP contribution in [-0.4, -0.2) is 53.3 Å². The second kappa shape index (κ2) is 9.18. The Bertz CT molecular complexity index is 2050. The third kappa shape index (κ3) is 3.77. The first kappa shape index (κ1) is 27.0. The van der Waals surface area contributed by atoms with Gasteiger partial charge in [0.15, 0.2) is 11.2 Å². The van der Waals surface area contributed by atoms with Crippen LogP contribution in [0.25, 0.3) is 43.6 Å². The topological polar surface area (TPSA) is 165 Å². The number of ether oxygens (including phenoxy) is 4. The smallest absolute Gasteiger partial charge is 0.212 e. The molecule has 1 atom stereocenters. The number of aryl methyl sites for hydroxylation is 1. The molecular weight excluding hydrogens is 548 g/mol. The van der Waals surface area contributed by atoms with Crippen molar-refractivity contribution in [1.29, 1.82) is 0 Å².